The standard InChI is InChI=1S/C28H20N2O3/c31-26(29-25-13-7-6-10-22(25)20-8-2-1-3-9-20)21-16-14-19(15-17-21)18-30-27(32)23-11-4-5-12-24(23)28(30)33/h1-17H,18H2,(H,29,31). The van der Waals surface area contributed by atoms with Crippen LogP contribution in [-0.2, 0) is 6.54 Å². The van der Waals surface area contributed by atoms with Crippen molar-refractivity contribution >= 4 is 23.4 Å². The molecule has 5 rings (SSSR count). The Morgan fingerprint density at radius 3 is 1.82 bits per heavy atom. The summed E-state index contributed by atoms with van der Waals surface area (Å²) in [4.78, 5) is 39.3. The summed E-state index contributed by atoms with van der Waals surface area (Å²) in [6.45, 7) is 0.158. The number of nitrogens with zero attached hydrogens (tertiary/aromatic N) is 1. The summed E-state index contributed by atoms with van der Waals surface area (Å²) < 4.78 is 0. The van der Waals surface area contributed by atoms with Crippen molar-refractivity contribution in [2.75, 3.05) is 5.32 Å². The number of benzene rings is 4. The lowest BCUT2D eigenvalue weighted by molar-refractivity contribution is 0.0642. The second-order valence-corrected chi connectivity index (χ2v) is 7.80. The van der Waals surface area contributed by atoms with Crippen LogP contribution >= 0.6 is 0 Å². The number of rotatable bonds is 5. The second-order valence-electron chi connectivity index (χ2n) is 7.80. The van der Waals surface area contributed by atoms with Crippen molar-refractivity contribution in [1.29, 1.82) is 0 Å². The molecule has 0 spiro atoms. The zero-order valence-electron chi connectivity index (χ0n) is 17.7. The van der Waals surface area contributed by atoms with Gasteiger partial charge in [-0.25, -0.2) is 0 Å². The maximum atomic E-state index is 12.9. The first-order valence-electron chi connectivity index (χ1n) is 10.6. The zero-order valence-corrected chi connectivity index (χ0v) is 17.7. The number of hydrogen-bond acceptors (Lipinski definition) is 3. The maximum Gasteiger partial charge on any atom is 0.261 e. The molecule has 1 aliphatic heterocycles. The summed E-state index contributed by atoms with van der Waals surface area (Å²) in [5.74, 6) is -0.824. The number of imide groups is 1. The molecule has 0 bridgehead atoms. The van der Waals surface area contributed by atoms with Crippen molar-refractivity contribution in [3.63, 3.8) is 0 Å². The molecule has 1 heterocycles. The highest BCUT2D eigenvalue weighted by Crippen LogP contribution is 2.28. The Balaban J connectivity index is 1.31. The van der Waals surface area contributed by atoms with E-state index in [0.717, 1.165) is 22.4 Å². The lowest BCUT2D eigenvalue weighted by Gasteiger charge is -2.14. The summed E-state index contributed by atoms with van der Waals surface area (Å²) in [6.07, 6.45) is 0. The highest BCUT2D eigenvalue weighted by Gasteiger charge is 2.34. The van der Waals surface area contributed by atoms with E-state index in [1.165, 1.54) is 4.90 Å². The largest absolute Gasteiger partial charge is 0.321 e. The summed E-state index contributed by atoms with van der Waals surface area (Å²) in [5, 5.41) is 2.99. The quantitative estimate of drug-likeness (QED) is 0.429. The Morgan fingerprint density at radius 2 is 1.18 bits per heavy atom. The summed E-state index contributed by atoms with van der Waals surface area (Å²) in [5.41, 5.74) is 4.79. The number of carbonyl (C=O) groups excluding carboxylic acids is 3. The minimum absolute atomic E-state index is 0.158. The molecular weight excluding hydrogens is 412 g/mol. The maximum absolute atomic E-state index is 12.9. The molecule has 0 atom stereocenters. The molecule has 0 fully saturated rings. The van der Waals surface area contributed by atoms with Gasteiger partial charge in [-0.15, -0.1) is 0 Å². The van der Waals surface area contributed by atoms with E-state index in [9.17, 15) is 14.4 Å². The molecule has 160 valence electrons. The van der Waals surface area contributed by atoms with Gasteiger partial charge in [0.1, 0.15) is 0 Å². The van der Waals surface area contributed by atoms with Gasteiger partial charge in [-0.05, 0) is 41.5 Å². The third-order valence-electron chi connectivity index (χ3n) is 5.70. The predicted molar refractivity (Wildman–Crippen MR) is 127 cm³/mol. The first kappa shape index (κ1) is 20.4. The predicted octanol–water partition coefficient (Wildman–Crippen LogP) is 5.40. The van der Waals surface area contributed by atoms with E-state index in [-0.39, 0.29) is 24.3 Å². The Bertz CT molecular complexity index is 1330. The molecule has 4 aromatic carbocycles. The molecule has 0 saturated carbocycles. The molecule has 0 radical (unpaired) electrons. The SMILES string of the molecule is O=C(Nc1ccccc1-c1ccccc1)c1ccc(CN2C(=O)c3ccccc3C2=O)cc1. The van der Waals surface area contributed by atoms with Crippen LogP contribution in [0.2, 0.25) is 0 Å². The van der Waals surface area contributed by atoms with Gasteiger partial charge in [0.15, 0.2) is 0 Å². The van der Waals surface area contributed by atoms with E-state index in [2.05, 4.69) is 5.32 Å². The van der Waals surface area contributed by atoms with Gasteiger partial charge in [0.05, 0.1) is 17.7 Å². The average molecular weight is 432 g/mol. The third kappa shape index (κ3) is 3.92. The normalized spacial score (nSPS) is 12.5. The van der Waals surface area contributed by atoms with Crippen LogP contribution < -0.4 is 5.32 Å². The van der Waals surface area contributed by atoms with Crippen molar-refractivity contribution in [2.45, 2.75) is 6.54 Å². The van der Waals surface area contributed by atoms with Crippen LogP contribution in [0.3, 0.4) is 0 Å². The van der Waals surface area contributed by atoms with Gasteiger partial charge in [-0.3, -0.25) is 19.3 Å². The van der Waals surface area contributed by atoms with E-state index in [1.807, 2.05) is 54.6 Å². The minimum atomic E-state index is -0.296. The van der Waals surface area contributed by atoms with Crippen molar-refractivity contribution in [2.24, 2.45) is 0 Å². The van der Waals surface area contributed by atoms with Crippen LogP contribution in [0.25, 0.3) is 11.1 Å². The number of amides is 3. The van der Waals surface area contributed by atoms with Crippen molar-refractivity contribution in [1.82, 2.24) is 4.90 Å². The number of anilines is 1. The Labute approximate surface area is 191 Å². The van der Waals surface area contributed by atoms with Crippen LogP contribution in [0.4, 0.5) is 5.69 Å². The molecule has 4 aromatic rings. The van der Waals surface area contributed by atoms with E-state index in [4.69, 9.17) is 0 Å². The smallest absolute Gasteiger partial charge is 0.261 e. The first-order chi connectivity index (χ1) is 16.1. The van der Waals surface area contributed by atoms with Crippen LogP contribution in [0.5, 0.6) is 0 Å². The fourth-order valence-electron chi connectivity index (χ4n) is 3.98. The molecule has 0 aliphatic carbocycles. The van der Waals surface area contributed by atoms with E-state index in [1.54, 1.807) is 48.5 Å². The highest BCUT2D eigenvalue weighted by atomic mass is 16.2. The van der Waals surface area contributed by atoms with Crippen molar-refractivity contribution < 1.29 is 14.4 Å². The molecule has 0 unspecified atom stereocenters. The first-order valence-corrected chi connectivity index (χ1v) is 10.6. The molecule has 3 amide bonds. The lowest BCUT2D eigenvalue weighted by atomic mass is 10.0. The summed E-state index contributed by atoms with van der Waals surface area (Å²) in [7, 11) is 0. The number of para-hydroxylation sites is 1. The van der Waals surface area contributed by atoms with E-state index >= 15 is 0 Å². The van der Waals surface area contributed by atoms with Crippen LogP contribution in [0.15, 0.2) is 103 Å². The fourth-order valence-corrected chi connectivity index (χ4v) is 3.98. The minimum Gasteiger partial charge on any atom is -0.321 e. The van der Waals surface area contributed by atoms with Gasteiger partial charge < -0.3 is 5.32 Å². The molecule has 0 saturated heterocycles. The van der Waals surface area contributed by atoms with Gasteiger partial charge >= 0.3 is 0 Å². The van der Waals surface area contributed by atoms with E-state index in [0.29, 0.717) is 16.7 Å². The molecule has 5 heteroatoms. The van der Waals surface area contributed by atoms with Gasteiger partial charge in [0.25, 0.3) is 17.7 Å². The number of nitrogens with one attached hydrogen (secondary N) is 1. The van der Waals surface area contributed by atoms with Crippen LogP contribution in [0, 0.1) is 0 Å². The van der Waals surface area contributed by atoms with E-state index < -0.39 is 0 Å². The fraction of sp³-hybridized carbons (Fsp3) is 0.0357. The zero-order chi connectivity index (χ0) is 22.8. The molecule has 5 nitrogen and oxygen atoms in total. The van der Waals surface area contributed by atoms with Gasteiger partial charge in [0.2, 0.25) is 0 Å². The number of hydrogen-bond donors (Lipinski definition) is 1. The topological polar surface area (TPSA) is 66.5 Å². The van der Waals surface area contributed by atoms with Crippen LogP contribution in [-0.4, -0.2) is 22.6 Å². The highest BCUT2D eigenvalue weighted by molar-refractivity contribution is 6.21. The molecular formula is C28H20N2O3. The average Bonchev–Trinajstić information content (AvgIpc) is 3.10. The Hall–Kier alpha value is -4.51. The third-order valence-corrected chi connectivity index (χ3v) is 5.70. The Kier molecular flexibility index (Phi) is 5.29. The number of carbonyl (C=O) groups is 3. The molecule has 1 aliphatic rings. The summed E-state index contributed by atoms with van der Waals surface area (Å²) in [6, 6.07) is 31.3. The van der Waals surface area contributed by atoms with Crippen molar-refractivity contribution in [3.8, 4) is 11.1 Å². The monoisotopic (exact) mass is 432 g/mol. The van der Waals surface area contributed by atoms with Gasteiger partial charge in [-0.2, -0.15) is 0 Å². The Morgan fingerprint density at radius 1 is 0.636 bits per heavy atom. The van der Waals surface area contributed by atoms with Crippen molar-refractivity contribution in [3.05, 3.63) is 125 Å². The van der Waals surface area contributed by atoms with Crippen LogP contribution in [0.1, 0.15) is 36.6 Å². The van der Waals surface area contributed by atoms with Gasteiger partial charge in [-0.1, -0.05) is 72.8 Å². The molecule has 1 N–H and O–H groups in total. The summed E-state index contributed by atoms with van der Waals surface area (Å²) >= 11 is 0. The molecule has 33 heavy (non-hydrogen) atoms. The second kappa shape index (κ2) is 8.55. The lowest BCUT2D eigenvalue weighted by Crippen LogP contribution is -2.29. The molecule has 0 aromatic heterocycles. The van der Waals surface area contributed by atoms with Gasteiger partial charge in [0, 0.05) is 16.8 Å². The number of fused-ring (bicyclic) bond motifs is 1.